The maximum atomic E-state index is 11.6. The molecule has 4 rings (SSSR count). The molecule has 0 bridgehead atoms. The van der Waals surface area contributed by atoms with Crippen LogP contribution >= 0.6 is 23.5 Å². The highest BCUT2D eigenvalue weighted by atomic mass is 35.5. The molecule has 2 fully saturated rings. The summed E-state index contributed by atoms with van der Waals surface area (Å²) in [5.74, 6) is -0.346. The molecule has 0 radical (unpaired) electrons. The lowest BCUT2D eigenvalue weighted by atomic mass is 10.1. The number of hydrogen-bond acceptors (Lipinski definition) is 9. The number of rotatable bonds is 6. The molecule has 0 aromatic carbocycles. The number of halogens is 4. The van der Waals surface area contributed by atoms with E-state index in [1.165, 1.54) is 0 Å². The van der Waals surface area contributed by atoms with E-state index in [9.17, 15) is 13.2 Å². The number of fused-ring (bicyclic) bond motifs is 1. The molecule has 14 heteroatoms. The van der Waals surface area contributed by atoms with Crippen LogP contribution in [0.15, 0.2) is 18.6 Å². The molecular formula is C18H25ClF3N7O2S. The van der Waals surface area contributed by atoms with Crippen LogP contribution in [0.3, 0.4) is 0 Å². The van der Waals surface area contributed by atoms with Crippen molar-refractivity contribution in [2.75, 3.05) is 29.6 Å². The molecule has 2 aliphatic rings. The molecule has 2 aliphatic heterocycles. The summed E-state index contributed by atoms with van der Waals surface area (Å²) in [6.45, 7) is 2.43. The number of nitrogens with zero attached hydrogens (tertiary/aromatic N) is 4. The molecule has 178 valence electrons. The van der Waals surface area contributed by atoms with Gasteiger partial charge < -0.3 is 20.1 Å². The highest BCUT2D eigenvalue weighted by Gasteiger charge is 2.42. The Morgan fingerprint density at radius 1 is 1.38 bits per heavy atom. The number of nitrogens with one attached hydrogen (secondary N) is 2. The molecule has 4 heterocycles. The summed E-state index contributed by atoms with van der Waals surface area (Å²) in [6, 6.07) is 0.0427. The molecule has 4 unspecified atom stereocenters. The van der Waals surface area contributed by atoms with Gasteiger partial charge in [-0.15, -0.1) is 0 Å². The second-order valence-electron chi connectivity index (χ2n) is 7.44. The molecule has 0 spiro atoms. The van der Waals surface area contributed by atoms with Crippen molar-refractivity contribution in [3.63, 3.8) is 0 Å². The minimum atomic E-state index is -4.09. The third-order valence-electron chi connectivity index (χ3n) is 4.90. The van der Waals surface area contributed by atoms with Crippen LogP contribution in [0.4, 0.5) is 30.6 Å². The zero-order valence-corrected chi connectivity index (χ0v) is 19.0. The van der Waals surface area contributed by atoms with E-state index in [0.29, 0.717) is 35.3 Å². The van der Waals surface area contributed by atoms with Gasteiger partial charge in [-0.2, -0.15) is 23.3 Å². The predicted octanol–water partition coefficient (Wildman–Crippen LogP) is 3.37. The Labute approximate surface area is 192 Å². The first-order valence-corrected chi connectivity index (χ1v) is 11.3. The summed E-state index contributed by atoms with van der Waals surface area (Å²) < 4.78 is 47.9. The Balaban J connectivity index is 0.000000275. The third kappa shape index (κ3) is 6.61. The normalized spacial score (nSPS) is 23.3. The largest absolute Gasteiger partial charge is 0.392 e. The molecular weight excluding hydrogens is 471 g/mol. The van der Waals surface area contributed by atoms with Crippen molar-refractivity contribution in [3.8, 4) is 0 Å². The first-order valence-electron chi connectivity index (χ1n) is 9.83. The van der Waals surface area contributed by atoms with Gasteiger partial charge in [0.05, 0.1) is 42.8 Å². The Morgan fingerprint density at radius 3 is 2.78 bits per heavy atom. The van der Waals surface area contributed by atoms with Crippen molar-refractivity contribution in [2.45, 2.75) is 37.8 Å². The van der Waals surface area contributed by atoms with E-state index in [0.717, 1.165) is 25.6 Å². The van der Waals surface area contributed by atoms with Crippen molar-refractivity contribution >= 4 is 41.0 Å². The van der Waals surface area contributed by atoms with Crippen molar-refractivity contribution in [1.82, 2.24) is 19.7 Å². The van der Waals surface area contributed by atoms with Crippen LogP contribution in [0, 0.1) is 5.92 Å². The monoisotopic (exact) mass is 495 g/mol. The van der Waals surface area contributed by atoms with Gasteiger partial charge in [-0.25, -0.2) is 4.98 Å². The molecule has 2 saturated heterocycles. The summed E-state index contributed by atoms with van der Waals surface area (Å²) in [5, 5.41) is 15.8. The van der Waals surface area contributed by atoms with Crippen LogP contribution in [0.2, 0.25) is 5.02 Å². The molecule has 0 saturated carbocycles. The fourth-order valence-corrected chi connectivity index (χ4v) is 3.77. The molecule has 4 atom stereocenters. The number of alkyl halides is 3. The maximum absolute atomic E-state index is 11.6. The Bertz CT molecular complexity index is 888. The number of hydrogen-bond donors (Lipinski definition) is 3. The second kappa shape index (κ2) is 10.9. The molecule has 32 heavy (non-hydrogen) atoms. The summed E-state index contributed by atoms with van der Waals surface area (Å²) in [5.41, 5.74) is 0.809. The van der Waals surface area contributed by atoms with E-state index in [4.69, 9.17) is 26.2 Å². The van der Waals surface area contributed by atoms with Crippen molar-refractivity contribution in [1.29, 1.82) is 0 Å². The van der Waals surface area contributed by atoms with Gasteiger partial charge in [-0.3, -0.25) is 9.82 Å². The molecule has 4 N–H and O–H groups in total. The van der Waals surface area contributed by atoms with Gasteiger partial charge in [0.25, 0.3) is 0 Å². The lowest BCUT2D eigenvalue weighted by Crippen LogP contribution is -2.34. The Morgan fingerprint density at radius 2 is 2.16 bits per heavy atom. The first-order chi connectivity index (χ1) is 15.2. The zero-order chi connectivity index (χ0) is 23.3. The van der Waals surface area contributed by atoms with E-state index in [-0.39, 0.29) is 24.0 Å². The minimum Gasteiger partial charge on any atom is -0.373 e. The standard InChI is InChI=1S/C14H17ClN6O2.C4H8F3NS/c1-21-6-8(4-17-21)18-14-16-5-9(15)13(20-14)19-10-7-23-11-2-3-22-12(10)11;1-3(2-9-8)4(5,6)7/h4-6,10-12H,2-3,7H2,1H3,(H2,16,18,19,20);3H,2,8H2,1H3. The molecule has 2 aromatic heterocycles. The summed E-state index contributed by atoms with van der Waals surface area (Å²) in [7, 11) is 1.85. The van der Waals surface area contributed by atoms with E-state index in [1.54, 1.807) is 17.1 Å². The molecule has 0 aliphatic carbocycles. The quantitative estimate of drug-likeness (QED) is 0.519. The fraction of sp³-hybridized carbons (Fsp3) is 0.611. The van der Waals surface area contributed by atoms with Crippen molar-refractivity contribution < 1.29 is 22.6 Å². The topological polar surface area (TPSA) is 112 Å². The van der Waals surface area contributed by atoms with Crippen molar-refractivity contribution in [2.24, 2.45) is 18.1 Å². The van der Waals surface area contributed by atoms with Crippen LogP contribution in [0.25, 0.3) is 0 Å². The first kappa shape index (κ1) is 24.8. The smallest absolute Gasteiger partial charge is 0.373 e. The maximum Gasteiger partial charge on any atom is 0.392 e. The Kier molecular flexibility index (Phi) is 8.44. The van der Waals surface area contributed by atoms with Crippen molar-refractivity contribution in [3.05, 3.63) is 23.6 Å². The molecule has 9 nitrogen and oxygen atoms in total. The summed E-state index contributed by atoms with van der Waals surface area (Å²) >= 11 is 6.93. The van der Waals surface area contributed by atoms with Gasteiger partial charge in [0.15, 0.2) is 5.82 Å². The number of anilines is 3. The van der Waals surface area contributed by atoms with Crippen LogP contribution in [-0.4, -0.2) is 63.1 Å². The SMILES string of the molecule is CC(CSN)C(F)(F)F.Cn1cc(Nc2ncc(Cl)c(NC3COC4CCOC34)n2)cn1. The van der Waals surface area contributed by atoms with Gasteiger partial charge in [0.1, 0.15) is 11.1 Å². The molecule has 0 amide bonds. The predicted molar refractivity (Wildman–Crippen MR) is 117 cm³/mol. The number of nitrogens with two attached hydrogens (primary N) is 1. The summed E-state index contributed by atoms with van der Waals surface area (Å²) in [4.78, 5) is 8.63. The van der Waals surface area contributed by atoms with E-state index in [2.05, 4.69) is 25.7 Å². The Hall–Kier alpha value is -1.80. The summed E-state index contributed by atoms with van der Waals surface area (Å²) in [6.07, 6.45) is 2.18. The van der Waals surface area contributed by atoms with E-state index in [1.807, 2.05) is 13.2 Å². The van der Waals surface area contributed by atoms with Crippen LogP contribution in [0.1, 0.15) is 13.3 Å². The lowest BCUT2D eigenvalue weighted by molar-refractivity contribution is -0.162. The van der Waals surface area contributed by atoms with Gasteiger partial charge >= 0.3 is 6.18 Å². The zero-order valence-electron chi connectivity index (χ0n) is 17.5. The average molecular weight is 496 g/mol. The van der Waals surface area contributed by atoms with E-state index < -0.39 is 12.1 Å². The fourth-order valence-electron chi connectivity index (χ4n) is 3.15. The average Bonchev–Trinajstić information content (AvgIpc) is 3.44. The van der Waals surface area contributed by atoms with Crippen LogP contribution in [-0.2, 0) is 16.5 Å². The highest BCUT2D eigenvalue weighted by molar-refractivity contribution is 7.97. The van der Waals surface area contributed by atoms with Gasteiger partial charge in [0.2, 0.25) is 5.95 Å². The van der Waals surface area contributed by atoms with Gasteiger partial charge in [-0.05, 0) is 6.42 Å². The minimum absolute atomic E-state index is 0.0427. The number of aryl methyl sites for hydroxylation is 1. The van der Waals surface area contributed by atoms with Crippen LogP contribution in [0.5, 0.6) is 0 Å². The molecule has 2 aromatic rings. The number of aromatic nitrogens is 4. The van der Waals surface area contributed by atoms with E-state index >= 15 is 0 Å². The highest BCUT2D eigenvalue weighted by Crippen LogP contribution is 2.30. The number of ether oxygens (including phenoxy) is 2. The van der Waals surface area contributed by atoms with Crippen LogP contribution < -0.4 is 15.8 Å². The van der Waals surface area contributed by atoms with Gasteiger partial charge in [0, 0.05) is 25.6 Å². The third-order valence-corrected chi connectivity index (χ3v) is 5.87. The second-order valence-corrected chi connectivity index (χ2v) is 8.51. The lowest BCUT2D eigenvalue weighted by Gasteiger charge is -2.19. The van der Waals surface area contributed by atoms with Gasteiger partial charge in [-0.1, -0.05) is 30.5 Å².